The van der Waals surface area contributed by atoms with Gasteiger partial charge < -0.3 is 29.7 Å². The van der Waals surface area contributed by atoms with Gasteiger partial charge in [0, 0.05) is 35.8 Å². The highest BCUT2D eigenvalue weighted by Gasteiger charge is 2.69. The Kier molecular flexibility index (Phi) is 6.90. The van der Waals surface area contributed by atoms with Gasteiger partial charge in [0.2, 0.25) is 0 Å². The van der Waals surface area contributed by atoms with E-state index in [2.05, 4.69) is 15.5 Å². The Labute approximate surface area is 230 Å². The van der Waals surface area contributed by atoms with Crippen LogP contribution in [-0.2, 0) is 14.3 Å². The van der Waals surface area contributed by atoms with Gasteiger partial charge in [0.25, 0.3) is 11.8 Å². The van der Waals surface area contributed by atoms with Crippen molar-refractivity contribution >= 4 is 40.7 Å². The lowest BCUT2D eigenvalue weighted by molar-refractivity contribution is -0.154. The van der Waals surface area contributed by atoms with Gasteiger partial charge in [0.05, 0.1) is 22.9 Å². The number of carbonyl (C=O) groups is 2. The van der Waals surface area contributed by atoms with Crippen molar-refractivity contribution in [3.05, 3.63) is 52.3 Å². The van der Waals surface area contributed by atoms with Crippen molar-refractivity contribution in [3.8, 4) is 11.5 Å². The van der Waals surface area contributed by atoms with Crippen molar-refractivity contribution in [3.63, 3.8) is 0 Å². The third kappa shape index (κ3) is 5.37. The zero-order valence-electron chi connectivity index (χ0n) is 21.4. The van der Waals surface area contributed by atoms with Crippen LogP contribution in [-0.4, -0.2) is 61.4 Å². The van der Waals surface area contributed by atoms with E-state index >= 15 is 0 Å². The first-order chi connectivity index (χ1) is 17.9. The molecule has 2 aromatic rings. The minimum atomic E-state index is -0.705. The Morgan fingerprint density at radius 2 is 1.84 bits per heavy atom. The topological polar surface area (TPSA) is 89.1 Å². The predicted octanol–water partition coefficient (Wildman–Crippen LogP) is 4.11. The van der Waals surface area contributed by atoms with Gasteiger partial charge in [0.15, 0.2) is 12.7 Å². The monoisotopic (exact) mass is 565 g/mol. The molecule has 0 saturated heterocycles. The van der Waals surface area contributed by atoms with Crippen LogP contribution in [0.25, 0.3) is 0 Å². The van der Waals surface area contributed by atoms with Crippen molar-refractivity contribution in [1.82, 2.24) is 10.6 Å². The smallest absolute Gasteiger partial charge is 0.263 e. The number of hydrogen-bond acceptors (Lipinski definition) is 6. The van der Waals surface area contributed by atoms with Gasteiger partial charge in [-0.05, 0) is 63.4 Å². The molecule has 38 heavy (non-hydrogen) atoms. The Morgan fingerprint density at radius 3 is 2.53 bits per heavy atom. The molecule has 1 aliphatic heterocycles. The van der Waals surface area contributed by atoms with E-state index in [1.807, 2.05) is 19.9 Å². The van der Waals surface area contributed by atoms with Crippen molar-refractivity contribution in [2.24, 2.45) is 0 Å². The molecule has 0 aromatic heterocycles. The number of ether oxygens (including phenoxy) is 3. The largest absolute Gasteiger partial charge is 0.484 e. The van der Waals surface area contributed by atoms with E-state index < -0.39 is 17.5 Å². The molecule has 11 heteroatoms. The second kappa shape index (κ2) is 9.77. The van der Waals surface area contributed by atoms with Crippen LogP contribution >= 0.6 is 23.2 Å². The second-order valence-electron chi connectivity index (χ2n) is 11.1. The molecular formula is C27H30Cl2FN3O5. The molecule has 2 N–H and O–H groups in total. The van der Waals surface area contributed by atoms with Crippen LogP contribution in [0.5, 0.6) is 11.5 Å². The molecule has 1 heterocycles. The molecule has 0 radical (unpaired) electrons. The summed E-state index contributed by atoms with van der Waals surface area (Å²) in [6.45, 7) is 4.63. The molecule has 4 aliphatic rings. The first kappa shape index (κ1) is 26.8. The summed E-state index contributed by atoms with van der Waals surface area (Å²) in [5.74, 6) is -0.292. The fourth-order valence-electron chi connectivity index (χ4n) is 5.58. The maximum Gasteiger partial charge on any atom is 0.263 e. The summed E-state index contributed by atoms with van der Waals surface area (Å²) in [6.07, 6.45) is 1.19. The van der Waals surface area contributed by atoms with Crippen molar-refractivity contribution in [2.75, 3.05) is 31.7 Å². The maximum absolute atomic E-state index is 13.6. The molecule has 6 rings (SSSR count). The van der Waals surface area contributed by atoms with Gasteiger partial charge in [-0.3, -0.25) is 9.59 Å². The highest BCUT2D eigenvalue weighted by Crippen LogP contribution is 2.60. The molecule has 2 aromatic carbocycles. The third-order valence-electron chi connectivity index (χ3n) is 7.42. The van der Waals surface area contributed by atoms with E-state index in [0.29, 0.717) is 43.1 Å². The number of benzene rings is 2. The summed E-state index contributed by atoms with van der Waals surface area (Å²) in [5.41, 5.74) is -0.334. The van der Waals surface area contributed by atoms with Gasteiger partial charge >= 0.3 is 0 Å². The van der Waals surface area contributed by atoms with Crippen LogP contribution < -0.4 is 25.0 Å². The van der Waals surface area contributed by atoms with Gasteiger partial charge in [0.1, 0.15) is 17.3 Å². The third-order valence-corrected chi connectivity index (χ3v) is 7.96. The zero-order chi connectivity index (χ0) is 27.3. The van der Waals surface area contributed by atoms with E-state index in [0.717, 1.165) is 11.8 Å². The highest BCUT2D eigenvalue weighted by atomic mass is 35.5. The second-order valence-corrected chi connectivity index (χ2v) is 11.9. The SMILES string of the molecule is COC(C)(C)CN1CC(C(=O)NC23CC(NC(=O)COc4ccc(Cl)c(F)c4)(C2)C3)Oc2ccc(Cl)cc21. The molecular weight excluding hydrogens is 536 g/mol. The molecule has 1 unspecified atom stereocenters. The molecule has 204 valence electrons. The van der Waals surface area contributed by atoms with E-state index in [9.17, 15) is 14.0 Å². The molecule has 1 atom stereocenters. The Bertz CT molecular complexity index is 1250. The van der Waals surface area contributed by atoms with Crippen molar-refractivity contribution in [2.45, 2.75) is 55.9 Å². The number of hydrogen-bond donors (Lipinski definition) is 2. The van der Waals surface area contributed by atoms with Crippen LogP contribution in [0.15, 0.2) is 36.4 Å². The van der Waals surface area contributed by atoms with Crippen molar-refractivity contribution < 1.29 is 28.2 Å². The quantitative estimate of drug-likeness (QED) is 0.475. The summed E-state index contributed by atoms with van der Waals surface area (Å²) in [6, 6.07) is 9.36. The molecule has 0 spiro atoms. The molecule has 2 amide bonds. The Hall–Kier alpha value is -2.75. The normalized spacial score (nSPS) is 25.3. The number of carbonyl (C=O) groups excluding carboxylic acids is 2. The molecule has 3 fully saturated rings. The van der Waals surface area contributed by atoms with Crippen LogP contribution in [0.4, 0.5) is 10.1 Å². The van der Waals surface area contributed by atoms with E-state index in [1.165, 1.54) is 12.1 Å². The standard InChI is InChI=1S/C27H30Cl2FN3O5/c1-25(2,36-3)15-33-10-22(38-21-7-4-16(28)8-20(21)33)24(35)32-27-12-26(13-27,14-27)31-23(34)11-37-17-5-6-18(29)19(30)9-17/h4-9,22H,10-15H2,1-3H3,(H,31,34)(H,32,35). The number of anilines is 1. The maximum atomic E-state index is 13.6. The summed E-state index contributed by atoms with van der Waals surface area (Å²) < 4.78 is 30.6. The molecule has 3 aliphatic carbocycles. The Balaban J connectivity index is 1.14. The lowest BCUT2D eigenvalue weighted by atomic mass is 9.44. The van der Waals surface area contributed by atoms with Gasteiger partial charge in [-0.25, -0.2) is 4.39 Å². The number of amides is 2. The molecule has 3 saturated carbocycles. The van der Waals surface area contributed by atoms with Gasteiger partial charge in [-0.2, -0.15) is 0 Å². The van der Waals surface area contributed by atoms with E-state index in [1.54, 1.807) is 19.2 Å². The lowest BCUT2D eigenvalue weighted by Gasteiger charge is -2.70. The number of fused-ring (bicyclic) bond motifs is 1. The van der Waals surface area contributed by atoms with Crippen LogP contribution in [0.3, 0.4) is 0 Å². The average molecular weight is 566 g/mol. The van der Waals surface area contributed by atoms with Crippen LogP contribution in [0.1, 0.15) is 33.1 Å². The number of methoxy groups -OCH3 is 1. The highest BCUT2D eigenvalue weighted by molar-refractivity contribution is 6.31. The lowest BCUT2D eigenvalue weighted by Crippen LogP contribution is -2.84. The van der Waals surface area contributed by atoms with Crippen molar-refractivity contribution in [1.29, 1.82) is 0 Å². The average Bonchev–Trinajstić information content (AvgIpc) is 2.82. The molecule has 2 bridgehead atoms. The first-order valence-corrected chi connectivity index (χ1v) is 13.1. The van der Waals surface area contributed by atoms with E-state index in [4.69, 9.17) is 37.4 Å². The summed E-state index contributed by atoms with van der Waals surface area (Å²) in [4.78, 5) is 27.7. The first-order valence-electron chi connectivity index (χ1n) is 12.4. The van der Waals surface area contributed by atoms with Gasteiger partial charge in [-0.15, -0.1) is 0 Å². The minimum Gasteiger partial charge on any atom is -0.484 e. The fourth-order valence-corrected chi connectivity index (χ4v) is 5.86. The predicted molar refractivity (Wildman–Crippen MR) is 142 cm³/mol. The number of nitrogens with zero attached hydrogens (tertiary/aromatic N) is 1. The number of nitrogens with one attached hydrogen (secondary N) is 2. The molecule has 8 nitrogen and oxygen atoms in total. The number of rotatable bonds is 9. The van der Waals surface area contributed by atoms with E-state index in [-0.39, 0.29) is 40.3 Å². The number of halogens is 3. The minimum absolute atomic E-state index is 0.0123. The summed E-state index contributed by atoms with van der Waals surface area (Å²) in [5, 5.41) is 6.71. The zero-order valence-corrected chi connectivity index (χ0v) is 22.9. The summed E-state index contributed by atoms with van der Waals surface area (Å²) >= 11 is 11.9. The van der Waals surface area contributed by atoms with Crippen LogP contribution in [0, 0.1) is 5.82 Å². The van der Waals surface area contributed by atoms with Gasteiger partial charge in [-0.1, -0.05) is 23.2 Å². The Morgan fingerprint density at radius 1 is 1.13 bits per heavy atom. The summed E-state index contributed by atoms with van der Waals surface area (Å²) in [7, 11) is 1.66. The fraction of sp³-hybridized carbons (Fsp3) is 0.481. The van der Waals surface area contributed by atoms with Crippen LogP contribution in [0.2, 0.25) is 10.0 Å².